The smallest absolute Gasteiger partial charge is 0.254 e. The van der Waals surface area contributed by atoms with Gasteiger partial charge in [0.05, 0.1) is 5.56 Å². The number of ether oxygens (including phenoxy) is 1. The molecule has 0 bridgehead atoms. The van der Waals surface area contributed by atoms with Crippen LogP contribution in [-0.2, 0) is 4.74 Å². The van der Waals surface area contributed by atoms with E-state index < -0.39 is 11.7 Å². The molecule has 0 saturated carbocycles. The Bertz CT molecular complexity index is 398. The standard InChI is InChI=1S/C12H15BrFNO2/c1-8(5-6-17-2)15-12(16)10-4-3-9(13)7-11(10)14/h3-4,7-8H,5-6H2,1-2H3,(H,15,16). The van der Waals surface area contributed by atoms with E-state index in [9.17, 15) is 9.18 Å². The van der Waals surface area contributed by atoms with Gasteiger partial charge < -0.3 is 10.1 Å². The molecule has 17 heavy (non-hydrogen) atoms. The van der Waals surface area contributed by atoms with Crippen LogP contribution in [0.4, 0.5) is 4.39 Å². The van der Waals surface area contributed by atoms with Gasteiger partial charge in [-0.15, -0.1) is 0 Å². The highest BCUT2D eigenvalue weighted by atomic mass is 79.9. The Morgan fingerprint density at radius 3 is 2.88 bits per heavy atom. The fraction of sp³-hybridized carbons (Fsp3) is 0.417. The summed E-state index contributed by atoms with van der Waals surface area (Å²) in [5, 5.41) is 2.72. The van der Waals surface area contributed by atoms with E-state index in [0.29, 0.717) is 17.5 Å². The summed E-state index contributed by atoms with van der Waals surface area (Å²) >= 11 is 3.14. The SMILES string of the molecule is COCCC(C)NC(=O)c1ccc(Br)cc1F. The van der Waals surface area contributed by atoms with Crippen LogP contribution in [-0.4, -0.2) is 25.7 Å². The number of hydrogen-bond acceptors (Lipinski definition) is 2. The normalized spacial score (nSPS) is 12.2. The average Bonchev–Trinajstić information content (AvgIpc) is 2.26. The molecule has 94 valence electrons. The number of amides is 1. The Morgan fingerprint density at radius 1 is 1.59 bits per heavy atom. The summed E-state index contributed by atoms with van der Waals surface area (Å²) in [6.07, 6.45) is 0.695. The summed E-state index contributed by atoms with van der Waals surface area (Å²) in [4.78, 5) is 11.7. The Balaban J connectivity index is 2.63. The minimum absolute atomic E-state index is 0.0505. The van der Waals surface area contributed by atoms with Gasteiger partial charge >= 0.3 is 0 Å². The van der Waals surface area contributed by atoms with E-state index in [1.54, 1.807) is 13.2 Å². The van der Waals surface area contributed by atoms with Gasteiger partial charge in [-0.3, -0.25) is 4.79 Å². The summed E-state index contributed by atoms with van der Waals surface area (Å²) < 4.78 is 19.0. The lowest BCUT2D eigenvalue weighted by Crippen LogP contribution is -2.33. The van der Waals surface area contributed by atoms with Crippen LogP contribution in [0.15, 0.2) is 22.7 Å². The molecule has 1 amide bonds. The van der Waals surface area contributed by atoms with E-state index in [1.807, 2.05) is 6.92 Å². The summed E-state index contributed by atoms with van der Waals surface area (Å²) in [6, 6.07) is 4.31. The molecule has 1 rings (SSSR count). The van der Waals surface area contributed by atoms with E-state index in [0.717, 1.165) is 0 Å². The van der Waals surface area contributed by atoms with Crippen LogP contribution in [0, 0.1) is 5.82 Å². The van der Waals surface area contributed by atoms with Gasteiger partial charge in [-0.05, 0) is 31.5 Å². The van der Waals surface area contributed by atoms with E-state index >= 15 is 0 Å². The Kier molecular flexibility index (Phi) is 5.58. The monoisotopic (exact) mass is 303 g/mol. The van der Waals surface area contributed by atoms with Crippen molar-refractivity contribution in [2.75, 3.05) is 13.7 Å². The lowest BCUT2D eigenvalue weighted by molar-refractivity contribution is 0.0925. The lowest BCUT2D eigenvalue weighted by atomic mass is 10.1. The molecule has 0 aromatic heterocycles. The number of benzene rings is 1. The van der Waals surface area contributed by atoms with Crippen molar-refractivity contribution in [2.24, 2.45) is 0 Å². The predicted octanol–water partition coefficient (Wildman–Crippen LogP) is 2.74. The highest BCUT2D eigenvalue weighted by molar-refractivity contribution is 9.10. The molecule has 1 aromatic carbocycles. The molecule has 1 unspecified atom stereocenters. The molecule has 0 aliphatic rings. The van der Waals surface area contributed by atoms with Crippen LogP contribution in [0.2, 0.25) is 0 Å². The number of nitrogens with one attached hydrogen (secondary N) is 1. The first-order chi connectivity index (χ1) is 8.04. The van der Waals surface area contributed by atoms with Crippen LogP contribution in [0.5, 0.6) is 0 Å². The summed E-state index contributed by atoms with van der Waals surface area (Å²) in [7, 11) is 1.60. The first-order valence-corrected chi connectivity index (χ1v) is 6.08. The van der Waals surface area contributed by atoms with Gasteiger partial charge in [0, 0.05) is 24.2 Å². The molecular formula is C12H15BrFNO2. The number of carbonyl (C=O) groups excluding carboxylic acids is 1. The molecule has 1 N–H and O–H groups in total. The van der Waals surface area contributed by atoms with Crippen LogP contribution in [0.1, 0.15) is 23.7 Å². The first kappa shape index (κ1) is 14.1. The van der Waals surface area contributed by atoms with Gasteiger partial charge in [-0.1, -0.05) is 15.9 Å². The quantitative estimate of drug-likeness (QED) is 0.908. The maximum absolute atomic E-state index is 13.5. The molecule has 5 heteroatoms. The Hall–Kier alpha value is -0.940. The third kappa shape index (κ3) is 4.44. The van der Waals surface area contributed by atoms with Crippen molar-refractivity contribution in [3.63, 3.8) is 0 Å². The van der Waals surface area contributed by atoms with E-state index in [1.165, 1.54) is 12.1 Å². The van der Waals surface area contributed by atoms with Gasteiger partial charge in [-0.2, -0.15) is 0 Å². The van der Waals surface area contributed by atoms with Gasteiger partial charge in [0.15, 0.2) is 0 Å². The molecule has 0 spiro atoms. The highest BCUT2D eigenvalue weighted by Gasteiger charge is 2.13. The first-order valence-electron chi connectivity index (χ1n) is 5.29. The van der Waals surface area contributed by atoms with Gasteiger partial charge in [0.25, 0.3) is 5.91 Å². The van der Waals surface area contributed by atoms with Crippen molar-refractivity contribution in [1.29, 1.82) is 0 Å². The maximum Gasteiger partial charge on any atom is 0.254 e. The minimum Gasteiger partial charge on any atom is -0.385 e. The number of halogens is 2. The molecule has 1 atom stereocenters. The van der Waals surface area contributed by atoms with Crippen LogP contribution in [0.25, 0.3) is 0 Å². The number of hydrogen-bond donors (Lipinski definition) is 1. The van der Waals surface area contributed by atoms with Gasteiger partial charge in [0.2, 0.25) is 0 Å². The molecule has 3 nitrogen and oxygen atoms in total. The van der Waals surface area contributed by atoms with Gasteiger partial charge in [-0.25, -0.2) is 4.39 Å². The summed E-state index contributed by atoms with van der Waals surface area (Å²) in [6.45, 7) is 2.41. The van der Waals surface area contributed by atoms with Crippen LogP contribution < -0.4 is 5.32 Å². The van der Waals surface area contributed by atoms with Crippen molar-refractivity contribution in [3.8, 4) is 0 Å². The van der Waals surface area contributed by atoms with Crippen molar-refractivity contribution in [1.82, 2.24) is 5.32 Å². The molecule has 0 fully saturated rings. The van der Waals surface area contributed by atoms with E-state index in [4.69, 9.17) is 4.74 Å². The molecule has 0 aliphatic carbocycles. The molecule has 1 aromatic rings. The molecular weight excluding hydrogens is 289 g/mol. The maximum atomic E-state index is 13.5. The number of methoxy groups -OCH3 is 1. The van der Waals surface area contributed by atoms with Crippen molar-refractivity contribution >= 4 is 21.8 Å². The zero-order chi connectivity index (χ0) is 12.8. The fourth-order valence-corrected chi connectivity index (χ4v) is 1.68. The molecule has 0 heterocycles. The van der Waals surface area contributed by atoms with Crippen LogP contribution >= 0.6 is 15.9 Å². The number of rotatable bonds is 5. The Labute approximate surface area is 108 Å². The predicted molar refractivity (Wildman–Crippen MR) is 67.5 cm³/mol. The lowest BCUT2D eigenvalue weighted by Gasteiger charge is -2.13. The second kappa shape index (κ2) is 6.71. The molecule has 0 aliphatic heterocycles. The second-order valence-electron chi connectivity index (χ2n) is 3.78. The summed E-state index contributed by atoms with van der Waals surface area (Å²) in [5.41, 5.74) is 0.0532. The largest absolute Gasteiger partial charge is 0.385 e. The zero-order valence-corrected chi connectivity index (χ0v) is 11.4. The van der Waals surface area contributed by atoms with E-state index in [2.05, 4.69) is 21.2 Å². The van der Waals surface area contributed by atoms with Crippen molar-refractivity contribution in [2.45, 2.75) is 19.4 Å². The fourth-order valence-electron chi connectivity index (χ4n) is 1.34. The van der Waals surface area contributed by atoms with Crippen LogP contribution in [0.3, 0.4) is 0 Å². The minimum atomic E-state index is -0.532. The Morgan fingerprint density at radius 2 is 2.29 bits per heavy atom. The van der Waals surface area contributed by atoms with Crippen molar-refractivity contribution < 1.29 is 13.9 Å². The average molecular weight is 304 g/mol. The molecule has 0 saturated heterocycles. The topological polar surface area (TPSA) is 38.3 Å². The zero-order valence-electron chi connectivity index (χ0n) is 9.80. The second-order valence-corrected chi connectivity index (χ2v) is 4.70. The third-order valence-electron chi connectivity index (χ3n) is 2.31. The summed E-state index contributed by atoms with van der Waals surface area (Å²) in [5.74, 6) is -0.936. The van der Waals surface area contributed by atoms with Gasteiger partial charge in [0.1, 0.15) is 5.82 Å². The molecule has 0 radical (unpaired) electrons. The van der Waals surface area contributed by atoms with Crippen molar-refractivity contribution in [3.05, 3.63) is 34.1 Å². The highest BCUT2D eigenvalue weighted by Crippen LogP contribution is 2.15. The van der Waals surface area contributed by atoms with E-state index in [-0.39, 0.29) is 11.6 Å². The third-order valence-corrected chi connectivity index (χ3v) is 2.80. The number of carbonyl (C=O) groups is 1.